The molecule has 0 aliphatic carbocycles. The molecule has 8 nitrogen and oxygen atoms in total. The van der Waals surface area contributed by atoms with Gasteiger partial charge in [-0.2, -0.15) is 20.0 Å². The van der Waals surface area contributed by atoms with Gasteiger partial charge in [-0.05, 0) is 37.3 Å². The summed E-state index contributed by atoms with van der Waals surface area (Å²) in [6.45, 7) is 1.91. The van der Waals surface area contributed by atoms with Crippen LogP contribution in [0.25, 0.3) is 11.5 Å². The van der Waals surface area contributed by atoms with Gasteiger partial charge in [0, 0.05) is 17.3 Å². The van der Waals surface area contributed by atoms with Crippen molar-refractivity contribution in [3.8, 4) is 23.0 Å². The van der Waals surface area contributed by atoms with E-state index in [9.17, 15) is 0 Å². The van der Waals surface area contributed by atoms with E-state index in [1.165, 1.54) is 4.68 Å². The van der Waals surface area contributed by atoms with Gasteiger partial charge in [-0.15, -0.1) is 0 Å². The van der Waals surface area contributed by atoms with Crippen molar-refractivity contribution in [2.75, 3.05) is 14.2 Å². The van der Waals surface area contributed by atoms with E-state index in [0.717, 1.165) is 11.3 Å². The van der Waals surface area contributed by atoms with Gasteiger partial charge in [0.25, 0.3) is 0 Å². The van der Waals surface area contributed by atoms with Crippen LogP contribution in [0.5, 0.6) is 11.5 Å². The van der Waals surface area contributed by atoms with Crippen LogP contribution in [0.4, 0.5) is 0 Å². The van der Waals surface area contributed by atoms with E-state index in [0.29, 0.717) is 27.8 Å². The van der Waals surface area contributed by atoms with Gasteiger partial charge in [0.2, 0.25) is 10.6 Å². The predicted molar refractivity (Wildman–Crippen MR) is 92.3 cm³/mol. The number of H-pyrrole nitrogens is 2. The highest BCUT2D eigenvalue weighted by atomic mass is 32.1. The summed E-state index contributed by atoms with van der Waals surface area (Å²) in [5, 5.41) is 18.4. The maximum atomic E-state index is 5.36. The summed E-state index contributed by atoms with van der Waals surface area (Å²) in [5.74, 6) is 1.87. The fourth-order valence-electron chi connectivity index (χ4n) is 2.14. The number of hydrogen-bond acceptors (Lipinski definition) is 6. The number of hydrogen-bond donors (Lipinski definition) is 2. The molecule has 0 spiro atoms. The quantitative estimate of drug-likeness (QED) is 0.548. The lowest BCUT2D eigenvalue weighted by Gasteiger charge is -2.06. The molecular formula is C15H16N6O2S. The number of nitrogens with zero attached hydrogens (tertiary/aromatic N) is 4. The third-order valence-electron chi connectivity index (χ3n) is 3.34. The van der Waals surface area contributed by atoms with Crippen molar-refractivity contribution < 1.29 is 9.47 Å². The van der Waals surface area contributed by atoms with Gasteiger partial charge < -0.3 is 9.47 Å². The summed E-state index contributed by atoms with van der Waals surface area (Å²) in [6.07, 6.45) is 1.65. The summed E-state index contributed by atoms with van der Waals surface area (Å²) in [6, 6.07) is 7.33. The highest BCUT2D eigenvalue weighted by Gasteiger charge is 2.11. The molecule has 0 atom stereocenters. The van der Waals surface area contributed by atoms with Gasteiger partial charge >= 0.3 is 0 Å². The van der Waals surface area contributed by atoms with Crippen molar-refractivity contribution in [2.24, 2.45) is 5.10 Å². The van der Waals surface area contributed by atoms with E-state index in [1.807, 2.05) is 25.1 Å². The minimum absolute atomic E-state index is 0.370. The highest BCUT2D eigenvalue weighted by Crippen LogP contribution is 2.23. The first kappa shape index (κ1) is 15.9. The topological polar surface area (TPSA) is 93.1 Å². The number of benzene rings is 1. The number of aryl methyl sites for hydroxylation is 1. The highest BCUT2D eigenvalue weighted by molar-refractivity contribution is 7.71. The molecule has 0 bridgehead atoms. The van der Waals surface area contributed by atoms with E-state index >= 15 is 0 Å². The lowest BCUT2D eigenvalue weighted by atomic mass is 10.2. The molecule has 2 aromatic heterocycles. The van der Waals surface area contributed by atoms with E-state index in [-0.39, 0.29) is 0 Å². The zero-order valence-corrected chi connectivity index (χ0v) is 14.2. The van der Waals surface area contributed by atoms with Gasteiger partial charge in [0.15, 0.2) is 0 Å². The van der Waals surface area contributed by atoms with Gasteiger partial charge in [-0.3, -0.25) is 5.10 Å². The molecule has 9 heteroatoms. The van der Waals surface area contributed by atoms with Gasteiger partial charge in [-0.1, -0.05) is 0 Å². The molecule has 0 aliphatic heterocycles. The molecule has 0 radical (unpaired) electrons. The monoisotopic (exact) mass is 344 g/mol. The molecule has 0 fully saturated rings. The lowest BCUT2D eigenvalue weighted by molar-refractivity contribution is 0.394. The van der Waals surface area contributed by atoms with E-state index < -0.39 is 0 Å². The van der Waals surface area contributed by atoms with Crippen molar-refractivity contribution in [1.29, 1.82) is 0 Å². The Morgan fingerprint density at radius 1 is 1.17 bits per heavy atom. The van der Waals surface area contributed by atoms with Crippen LogP contribution in [0.3, 0.4) is 0 Å². The second-order valence-corrected chi connectivity index (χ2v) is 5.34. The van der Waals surface area contributed by atoms with Crippen LogP contribution in [0.15, 0.2) is 29.4 Å². The standard InChI is InChI=1S/C15H16N6O2S/c1-9-6-12(18-17-9)14-19-20-15(24)21(14)16-8-10-4-5-11(22-2)7-13(10)23-3/h4-8H,1-3H3,(H,17,18)(H,20,24). The van der Waals surface area contributed by atoms with Crippen LogP contribution in [0.2, 0.25) is 0 Å². The summed E-state index contributed by atoms with van der Waals surface area (Å²) in [7, 11) is 3.19. The Bertz CT molecular complexity index is 940. The molecule has 0 aliphatic rings. The van der Waals surface area contributed by atoms with Crippen LogP contribution in [-0.4, -0.2) is 45.5 Å². The van der Waals surface area contributed by atoms with Crippen LogP contribution in [-0.2, 0) is 0 Å². The molecule has 0 saturated heterocycles. The smallest absolute Gasteiger partial charge is 0.216 e. The largest absolute Gasteiger partial charge is 0.497 e. The third-order valence-corrected chi connectivity index (χ3v) is 3.60. The summed E-state index contributed by atoms with van der Waals surface area (Å²) in [5.41, 5.74) is 2.36. The van der Waals surface area contributed by atoms with Gasteiger partial charge in [0.1, 0.15) is 17.2 Å². The average molecular weight is 344 g/mol. The lowest BCUT2D eigenvalue weighted by Crippen LogP contribution is -1.97. The van der Waals surface area contributed by atoms with Gasteiger partial charge in [0.05, 0.1) is 20.4 Å². The first-order valence-electron chi connectivity index (χ1n) is 7.08. The van der Waals surface area contributed by atoms with E-state index in [1.54, 1.807) is 26.5 Å². The zero-order valence-electron chi connectivity index (χ0n) is 13.4. The Balaban J connectivity index is 1.99. The molecule has 1 aromatic carbocycles. The predicted octanol–water partition coefficient (Wildman–Crippen LogP) is 2.54. The van der Waals surface area contributed by atoms with Crippen LogP contribution in [0.1, 0.15) is 11.3 Å². The van der Waals surface area contributed by atoms with Crippen molar-refractivity contribution in [1.82, 2.24) is 25.1 Å². The fourth-order valence-corrected chi connectivity index (χ4v) is 2.32. The summed E-state index contributed by atoms with van der Waals surface area (Å²) < 4.78 is 12.4. The molecule has 0 unspecified atom stereocenters. The number of ether oxygens (including phenoxy) is 2. The molecule has 24 heavy (non-hydrogen) atoms. The Hall–Kier alpha value is -2.94. The number of nitrogens with one attached hydrogen (secondary N) is 2. The Morgan fingerprint density at radius 3 is 2.67 bits per heavy atom. The normalized spacial score (nSPS) is 11.1. The molecule has 3 aromatic rings. The fraction of sp³-hybridized carbons (Fsp3) is 0.200. The SMILES string of the molecule is COc1ccc(C=Nn2c(-c3cc(C)[nH]n3)n[nH]c2=S)c(OC)c1. The maximum Gasteiger partial charge on any atom is 0.216 e. The first-order chi connectivity index (χ1) is 11.6. The first-order valence-corrected chi connectivity index (χ1v) is 7.49. The van der Waals surface area contributed by atoms with Crippen molar-refractivity contribution in [3.63, 3.8) is 0 Å². The summed E-state index contributed by atoms with van der Waals surface area (Å²) in [4.78, 5) is 0. The van der Waals surface area contributed by atoms with Crippen LogP contribution >= 0.6 is 12.2 Å². The number of rotatable bonds is 5. The summed E-state index contributed by atoms with van der Waals surface area (Å²) >= 11 is 5.24. The van der Waals surface area contributed by atoms with E-state index in [4.69, 9.17) is 21.7 Å². The molecule has 2 N–H and O–H groups in total. The molecule has 3 rings (SSSR count). The number of aromatic amines is 2. The number of aromatic nitrogens is 5. The van der Waals surface area contributed by atoms with Crippen LogP contribution in [0, 0.1) is 11.7 Å². The molecular weight excluding hydrogens is 328 g/mol. The van der Waals surface area contributed by atoms with Crippen molar-refractivity contribution in [3.05, 3.63) is 40.3 Å². The Kier molecular flexibility index (Phi) is 4.43. The van der Waals surface area contributed by atoms with Crippen LogP contribution < -0.4 is 9.47 Å². The second-order valence-electron chi connectivity index (χ2n) is 4.95. The molecule has 124 valence electrons. The second kappa shape index (κ2) is 6.67. The molecule has 2 heterocycles. The van der Waals surface area contributed by atoms with E-state index in [2.05, 4.69) is 25.5 Å². The molecule has 0 saturated carbocycles. The minimum atomic E-state index is 0.370. The number of methoxy groups -OCH3 is 2. The van der Waals surface area contributed by atoms with Gasteiger partial charge in [-0.25, -0.2) is 5.10 Å². The zero-order chi connectivity index (χ0) is 17.1. The molecule has 0 amide bonds. The average Bonchev–Trinajstić information content (AvgIpc) is 3.18. The Morgan fingerprint density at radius 2 is 2.00 bits per heavy atom. The maximum absolute atomic E-state index is 5.36. The minimum Gasteiger partial charge on any atom is -0.497 e. The third kappa shape index (κ3) is 3.06. The van der Waals surface area contributed by atoms with Crippen molar-refractivity contribution >= 4 is 18.4 Å². The van der Waals surface area contributed by atoms with Crippen molar-refractivity contribution in [2.45, 2.75) is 6.92 Å². The Labute approximate surface area is 143 Å².